The van der Waals surface area contributed by atoms with Crippen LogP contribution in [-0.4, -0.2) is 18.3 Å². The highest BCUT2D eigenvalue weighted by Crippen LogP contribution is 2.41. The third kappa shape index (κ3) is 5.11. The van der Waals surface area contributed by atoms with Crippen LogP contribution in [0.2, 0.25) is 0 Å². The van der Waals surface area contributed by atoms with E-state index in [-0.39, 0.29) is 0 Å². The Hall–Kier alpha value is -4.64. The molecular weight excluding hydrogens is 537 g/mol. The fraction of sp³-hybridized carbons (Fsp3) is 0.150. The predicted octanol–water partition coefficient (Wildman–Crippen LogP) is 9.94. The lowest BCUT2D eigenvalue weighted by Gasteiger charge is -2.32. The Balaban J connectivity index is 1.35. The molecule has 0 amide bonds. The van der Waals surface area contributed by atoms with Crippen LogP contribution in [0.5, 0.6) is 0 Å². The van der Waals surface area contributed by atoms with E-state index in [9.17, 15) is 0 Å². The van der Waals surface area contributed by atoms with Gasteiger partial charge in [0, 0.05) is 16.8 Å². The standard InChI is InChI=1S/C40H36BNO2/c1-39(2)40(3,4)44-41(43-39)37-27-28-38(36-18-12-11-17-35(36)37)42(33-23-19-31(20-24-33)29-13-7-5-8-14-29)34-25-21-32(22-26-34)30-15-9-6-10-16-30/h5-28H,1-4H3. The van der Waals surface area contributed by atoms with Gasteiger partial charge < -0.3 is 14.2 Å². The fourth-order valence-electron chi connectivity index (χ4n) is 5.97. The highest BCUT2D eigenvalue weighted by atomic mass is 16.7. The minimum Gasteiger partial charge on any atom is -0.399 e. The van der Waals surface area contributed by atoms with Crippen molar-refractivity contribution in [2.45, 2.75) is 38.9 Å². The van der Waals surface area contributed by atoms with Crippen LogP contribution in [0.1, 0.15) is 27.7 Å². The number of hydrogen-bond acceptors (Lipinski definition) is 3. The third-order valence-corrected chi connectivity index (χ3v) is 9.15. The van der Waals surface area contributed by atoms with Crippen LogP contribution in [0, 0.1) is 0 Å². The van der Waals surface area contributed by atoms with Crippen LogP contribution in [0.25, 0.3) is 33.0 Å². The van der Waals surface area contributed by atoms with E-state index in [2.05, 4.69) is 178 Å². The molecule has 0 saturated carbocycles. The molecule has 1 fully saturated rings. The van der Waals surface area contributed by atoms with Crippen LogP contribution < -0.4 is 10.4 Å². The number of nitrogens with zero attached hydrogens (tertiary/aromatic N) is 1. The van der Waals surface area contributed by atoms with Gasteiger partial charge >= 0.3 is 7.12 Å². The molecule has 0 aromatic heterocycles. The largest absolute Gasteiger partial charge is 0.495 e. The van der Waals surface area contributed by atoms with E-state index in [1.807, 2.05) is 0 Å². The first kappa shape index (κ1) is 28.2. The summed E-state index contributed by atoms with van der Waals surface area (Å²) in [7, 11) is -0.442. The average Bonchev–Trinajstić information content (AvgIpc) is 3.28. The normalized spacial score (nSPS) is 15.4. The van der Waals surface area contributed by atoms with Crippen molar-refractivity contribution in [3.8, 4) is 22.3 Å². The molecule has 3 nitrogen and oxygen atoms in total. The summed E-state index contributed by atoms with van der Waals surface area (Å²) < 4.78 is 13.0. The van der Waals surface area contributed by atoms with Crippen molar-refractivity contribution in [3.63, 3.8) is 0 Å². The second kappa shape index (κ2) is 11.1. The highest BCUT2D eigenvalue weighted by molar-refractivity contribution is 6.65. The summed E-state index contributed by atoms with van der Waals surface area (Å²) in [6.07, 6.45) is 0. The summed E-state index contributed by atoms with van der Waals surface area (Å²) in [6, 6.07) is 51.6. The molecule has 0 bridgehead atoms. The van der Waals surface area contributed by atoms with Crippen LogP contribution in [-0.2, 0) is 9.31 Å². The van der Waals surface area contributed by atoms with Crippen LogP contribution in [0.3, 0.4) is 0 Å². The van der Waals surface area contributed by atoms with Gasteiger partial charge in [0.25, 0.3) is 0 Å². The molecule has 44 heavy (non-hydrogen) atoms. The molecular formula is C40H36BNO2. The summed E-state index contributed by atoms with van der Waals surface area (Å²) in [6.45, 7) is 8.40. The van der Waals surface area contributed by atoms with E-state index in [0.717, 1.165) is 33.3 Å². The van der Waals surface area contributed by atoms with Crippen molar-refractivity contribution >= 4 is 40.4 Å². The minimum absolute atomic E-state index is 0.412. The van der Waals surface area contributed by atoms with Gasteiger partial charge in [0.05, 0.1) is 16.9 Å². The molecule has 0 N–H and O–H groups in total. The monoisotopic (exact) mass is 573 g/mol. The van der Waals surface area contributed by atoms with Crippen molar-refractivity contribution < 1.29 is 9.31 Å². The maximum absolute atomic E-state index is 6.50. The molecule has 6 aromatic carbocycles. The van der Waals surface area contributed by atoms with Gasteiger partial charge in [-0.15, -0.1) is 0 Å². The van der Waals surface area contributed by atoms with Gasteiger partial charge in [0.15, 0.2) is 0 Å². The van der Waals surface area contributed by atoms with Gasteiger partial charge in [-0.2, -0.15) is 0 Å². The van der Waals surface area contributed by atoms with Crippen LogP contribution >= 0.6 is 0 Å². The van der Waals surface area contributed by atoms with Crippen molar-refractivity contribution in [1.29, 1.82) is 0 Å². The third-order valence-electron chi connectivity index (χ3n) is 9.15. The van der Waals surface area contributed by atoms with E-state index in [0.29, 0.717) is 0 Å². The number of hydrogen-bond donors (Lipinski definition) is 0. The lowest BCUT2D eigenvalue weighted by Crippen LogP contribution is -2.41. The maximum Gasteiger partial charge on any atom is 0.495 e. The Morgan fingerprint density at radius 2 is 0.841 bits per heavy atom. The zero-order valence-corrected chi connectivity index (χ0v) is 25.7. The second-order valence-corrected chi connectivity index (χ2v) is 12.5. The van der Waals surface area contributed by atoms with Gasteiger partial charge in [-0.1, -0.05) is 115 Å². The Morgan fingerprint density at radius 1 is 0.432 bits per heavy atom. The Kier molecular flexibility index (Phi) is 7.12. The summed E-state index contributed by atoms with van der Waals surface area (Å²) >= 11 is 0. The van der Waals surface area contributed by atoms with Gasteiger partial charge in [0.2, 0.25) is 0 Å². The van der Waals surface area contributed by atoms with Gasteiger partial charge in [-0.25, -0.2) is 0 Å². The molecule has 7 rings (SSSR count). The molecule has 0 unspecified atom stereocenters. The van der Waals surface area contributed by atoms with Crippen molar-refractivity contribution in [3.05, 3.63) is 146 Å². The molecule has 1 aliphatic rings. The molecule has 1 heterocycles. The fourth-order valence-corrected chi connectivity index (χ4v) is 5.97. The summed E-state index contributed by atoms with van der Waals surface area (Å²) in [5.74, 6) is 0. The topological polar surface area (TPSA) is 21.7 Å². The first-order valence-corrected chi connectivity index (χ1v) is 15.3. The average molecular weight is 574 g/mol. The molecule has 0 spiro atoms. The molecule has 0 atom stereocenters. The zero-order chi connectivity index (χ0) is 30.3. The van der Waals surface area contributed by atoms with Crippen LogP contribution in [0.15, 0.2) is 146 Å². The molecule has 0 aliphatic carbocycles. The zero-order valence-electron chi connectivity index (χ0n) is 25.7. The molecule has 0 radical (unpaired) electrons. The lowest BCUT2D eigenvalue weighted by molar-refractivity contribution is 0.00578. The first-order valence-electron chi connectivity index (χ1n) is 15.3. The predicted molar refractivity (Wildman–Crippen MR) is 185 cm³/mol. The van der Waals surface area contributed by atoms with Gasteiger partial charge in [0.1, 0.15) is 0 Å². The Bertz CT molecular complexity index is 1800. The maximum atomic E-state index is 6.50. The summed E-state index contributed by atoms with van der Waals surface area (Å²) in [5.41, 5.74) is 8.28. The second-order valence-electron chi connectivity index (χ2n) is 12.5. The van der Waals surface area contributed by atoms with Crippen LogP contribution in [0.4, 0.5) is 17.1 Å². The SMILES string of the molecule is CC1(C)OB(c2ccc(N(c3ccc(-c4ccccc4)cc3)c3ccc(-c4ccccc4)cc3)c3ccccc23)OC1(C)C. The van der Waals surface area contributed by atoms with Crippen molar-refractivity contribution in [2.75, 3.05) is 4.90 Å². The molecule has 4 heteroatoms. The van der Waals surface area contributed by atoms with E-state index in [1.165, 1.54) is 22.3 Å². The smallest absolute Gasteiger partial charge is 0.399 e. The quantitative estimate of drug-likeness (QED) is 0.185. The Morgan fingerprint density at radius 3 is 1.32 bits per heavy atom. The first-order chi connectivity index (χ1) is 21.3. The highest BCUT2D eigenvalue weighted by Gasteiger charge is 2.52. The number of fused-ring (bicyclic) bond motifs is 1. The van der Waals surface area contributed by atoms with E-state index in [4.69, 9.17) is 9.31 Å². The van der Waals surface area contributed by atoms with Crippen molar-refractivity contribution in [2.24, 2.45) is 0 Å². The van der Waals surface area contributed by atoms with E-state index < -0.39 is 18.3 Å². The number of benzene rings is 6. The van der Waals surface area contributed by atoms with E-state index >= 15 is 0 Å². The van der Waals surface area contributed by atoms with E-state index in [1.54, 1.807) is 0 Å². The Labute approximate surface area is 260 Å². The molecule has 216 valence electrons. The van der Waals surface area contributed by atoms with Gasteiger partial charge in [-0.05, 0) is 91.1 Å². The lowest BCUT2D eigenvalue weighted by atomic mass is 9.75. The minimum atomic E-state index is -0.442. The molecule has 1 aliphatic heterocycles. The molecule has 6 aromatic rings. The summed E-state index contributed by atoms with van der Waals surface area (Å²) in [5, 5.41) is 2.26. The van der Waals surface area contributed by atoms with Crippen molar-refractivity contribution in [1.82, 2.24) is 0 Å². The summed E-state index contributed by atoms with van der Waals surface area (Å²) in [4.78, 5) is 2.35. The molecule has 1 saturated heterocycles. The number of rotatable bonds is 6. The number of anilines is 3. The van der Waals surface area contributed by atoms with Gasteiger partial charge in [-0.3, -0.25) is 0 Å².